The van der Waals surface area contributed by atoms with E-state index in [-0.39, 0.29) is 5.56 Å². The quantitative estimate of drug-likeness (QED) is 0.324. The van der Waals surface area contributed by atoms with Crippen LogP contribution < -0.4 is 15.2 Å². The van der Waals surface area contributed by atoms with Gasteiger partial charge in [-0.05, 0) is 72.4 Å². The number of anilines is 1. The smallest absolute Gasteiger partial charge is 0.410 e. The maximum Gasteiger partial charge on any atom is 0.420 e. The number of thiazole rings is 1. The van der Waals surface area contributed by atoms with Crippen molar-refractivity contribution in [3.8, 4) is 17.1 Å². The van der Waals surface area contributed by atoms with E-state index in [1.807, 2.05) is 30.3 Å². The van der Waals surface area contributed by atoms with Crippen LogP contribution in [0.1, 0.15) is 5.56 Å². The van der Waals surface area contributed by atoms with E-state index in [0.29, 0.717) is 33.3 Å². The first-order valence-corrected chi connectivity index (χ1v) is 11.1. The lowest BCUT2D eigenvalue weighted by molar-refractivity contribution is 0.207. The first-order valence-electron chi connectivity index (χ1n) is 9.85. The first kappa shape index (κ1) is 20.9. The summed E-state index contributed by atoms with van der Waals surface area (Å²) in [6.45, 7) is 0.301. The number of aromatic amines is 2. The monoisotopic (exact) mass is 476 g/mol. The molecule has 10 heteroatoms. The van der Waals surface area contributed by atoms with Crippen molar-refractivity contribution in [2.24, 2.45) is 0 Å². The predicted octanol–water partition coefficient (Wildman–Crippen LogP) is 5.51. The molecule has 1 amide bonds. The number of carbonyl (C=O) groups is 1. The van der Waals surface area contributed by atoms with Crippen molar-refractivity contribution in [1.82, 2.24) is 15.1 Å². The van der Waals surface area contributed by atoms with Gasteiger partial charge >= 0.3 is 6.09 Å². The molecule has 0 fully saturated rings. The van der Waals surface area contributed by atoms with Gasteiger partial charge in [0.05, 0.1) is 22.8 Å². The topological polar surface area (TPSA) is 104 Å². The Balaban J connectivity index is 1.43. The summed E-state index contributed by atoms with van der Waals surface area (Å²) < 4.78 is 12.4. The summed E-state index contributed by atoms with van der Waals surface area (Å²) in [5.74, 6) is 0.763. The van der Waals surface area contributed by atoms with Crippen molar-refractivity contribution in [2.45, 2.75) is 6.54 Å². The number of fused-ring (bicyclic) bond motifs is 1. The van der Waals surface area contributed by atoms with E-state index in [9.17, 15) is 9.59 Å². The highest BCUT2D eigenvalue weighted by Crippen LogP contribution is 2.28. The van der Waals surface area contributed by atoms with Crippen molar-refractivity contribution in [1.29, 1.82) is 0 Å². The third-order valence-corrected chi connectivity index (χ3v) is 6.09. The molecule has 0 aliphatic rings. The number of carbonyl (C=O) groups excluding carboxylic acids is 1. The van der Waals surface area contributed by atoms with Crippen molar-refractivity contribution >= 4 is 45.6 Å². The zero-order chi connectivity index (χ0) is 22.8. The molecule has 2 N–H and O–H groups in total. The summed E-state index contributed by atoms with van der Waals surface area (Å²) in [5, 5.41) is 2.25. The van der Waals surface area contributed by atoms with Crippen LogP contribution in [-0.4, -0.2) is 21.2 Å². The molecule has 5 aromatic rings. The number of nitrogens with one attached hydrogen (secondary N) is 2. The Morgan fingerprint density at radius 3 is 2.61 bits per heavy atom. The van der Waals surface area contributed by atoms with Crippen LogP contribution in [0.15, 0.2) is 82.4 Å². The summed E-state index contributed by atoms with van der Waals surface area (Å²) in [4.78, 5) is 33.2. The zero-order valence-corrected chi connectivity index (χ0v) is 18.6. The van der Waals surface area contributed by atoms with Crippen molar-refractivity contribution in [2.75, 3.05) is 4.90 Å². The molecule has 0 atom stereocenters. The molecule has 0 radical (unpaired) electrons. The molecule has 164 valence electrons. The zero-order valence-electron chi connectivity index (χ0n) is 17.0. The molecule has 0 aliphatic heterocycles. The van der Waals surface area contributed by atoms with Crippen LogP contribution in [-0.2, 0) is 6.54 Å². The predicted molar refractivity (Wildman–Crippen MR) is 128 cm³/mol. The molecular weight excluding hydrogens is 460 g/mol. The molecular formula is C23H16N4O4S2. The Bertz CT molecular complexity index is 1530. The number of benzene rings is 2. The Kier molecular flexibility index (Phi) is 5.59. The second-order valence-electron chi connectivity index (χ2n) is 7.11. The Hall–Kier alpha value is -4.02. The summed E-state index contributed by atoms with van der Waals surface area (Å²) in [7, 11) is 0. The van der Waals surface area contributed by atoms with E-state index < -0.39 is 6.09 Å². The lowest BCUT2D eigenvalue weighted by atomic mass is 10.2. The first-order chi connectivity index (χ1) is 16.0. The van der Waals surface area contributed by atoms with E-state index in [4.69, 9.17) is 21.5 Å². The van der Waals surface area contributed by atoms with E-state index >= 15 is 0 Å². The van der Waals surface area contributed by atoms with Crippen LogP contribution in [0.5, 0.6) is 5.75 Å². The van der Waals surface area contributed by atoms with Gasteiger partial charge in [-0.3, -0.25) is 14.7 Å². The normalized spacial score (nSPS) is 10.9. The summed E-state index contributed by atoms with van der Waals surface area (Å²) in [6.07, 6.45) is 2.82. The van der Waals surface area contributed by atoms with Crippen molar-refractivity contribution < 1.29 is 14.1 Å². The molecule has 0 unspecified atom stereocenters. The largest absolute Gasteiger partial charge is 0.420 e. The average Bonchev–Trinajstić information content (AvgIpc) is 3.42. The van der Waals surface area contributed by atoms with Crippen LogP contribution in [0.2, 0.25) is 0 Å². The van der Waals surface area contributed by atoms with Gasteiger partial charge in [-0.25, -0.2) is 4.79 Å². The molecule has 0 bridgehead atoms. The van der Waals surface area contributed by atoms with E-state index in [0.717, 1.165) is 15.8 Å². The van der Waals surface area contributed by atoms with Crippen LogP contribution in [0.3, 0.4) is 0 Å². The highest BCUT2D eigenvalue weighted by Gasteiger charge is 2.20. The Morgan fingerprint density at radius 2 is 1.88 bits per heavy atom. The SMILES string of the molecule is O=C(Oc1ccc(-c2cc(=O)[nH]o2)cc1)N(Cc1ccncc1)c1ccc2[nH]c(=S)sc2c1. The van der Waals surface area contributed by atoms with Crippen LogP contribution in [0, 0.1) is 3.95 Å². The van der Waals surface area contributed by atoms with Gasteiger partial charge in [0, 0.05) is 23.6 Å². The number of hydrogen-bond acceptors (Lipinski definition) is 7. The fourth-order valence-electron chi connectivity index (χ4n) is 3.30. The summed E-state index contributed by atoms with van der Waals surface area (Å²) >= 11 is 6.68. The minimum absolute atomic E-state index is 0.301. The molecule has 8 nitrogen and oxygen atoms in total. The van der Waals surface area contributed by atoms with Gasteiger partial charge in [-0.1, -0.05) is 0 Å². The molecule has 0 saturated carbocycles. The number of nitrogens with zero attached hydrogens (tertiary/aromatic N) is 2. The number of pyridine rings is 1. The second kappa shape index (κ2) is 8.85. The van der Waals surface area contributed by atoms with Gasteiger partial charge in [-0.2, -0.15) is 5.16 Å². The van der Waals surface area contributed by atoms with Gasteiger partial charge in [0.1, 0.15) is 5.75 Å². The van der Waals surface area contributed by atoms with Crippen LogP contribution in [0.4, 0.5) is 10.5 Å². The van der Waals surface area contributed by atoms with Gasteiger partial charge in [-0.15, -0.1) is 11.3 Å². The van der Waals surface area contributed by atoms with Gasteiger partial charge in [0.25, 0.3) is 5.56 Å². The Labute approximate surface area is 196 Å². The lowest BCUT2D eigenvalue weighted by Gasteiger charge is -2.22. The molecule has 5 rings (SSSR count). The summed E-state index contributed by atoms with van der Waals surface area (Å²) in [6, 6.07) is 17.4. The van der Waals surface area contributed by atoms with Crippen molar-refractivity contribution in [3.05, 3.63) is 92.9 Å². The fourth-order valence-corrected chi connectivity index (χ4v) is 4.45. The minimum Gasteiger partial charge on any atom is -0.410 e. The van der Waals surface area contributed by atoms with Crippen LogP contribution in [0.25, 0.3) is 21.5 Å². The highest BCUT2D eigenvalue weighted by molar-refractivity contribution is 7.73. The number of amides is 1. The third-order valence-electron chi connectivity index (χ3n) is 4.89. The van der Waals surface area contributed by atoms with Crippen molar-refractivity contribution in [3.63, 3.8) is 0 Å². The van der Waals surface area contributed by atoms with Gasteiger partial charge in [0.15, 0.2) is 9.71 Å². The van der Waals surface area contributed by atoms with Crippen LogP contribution >= 0.6 is 23.6 Å². The third kappa shape index (κ3) is 4.61. The van der Waals surface area contributed by atoms with E-state index in [1.165, 1.54) is 17.4 Å². The maximum absolute atomic E-state index is 13.2. The van der Waals surface area contributed by atoms with E-state index in [2.05, 4.69) is 15.1 Å². The molecule has 2 aromatic carbocycles. The molecule has 33 heavy (non-hydrogen) atoms. The highest BCUT2D eigenvalue weighted by atomic mass is 32.1. The molecule has 0 saturated heterocycles. The standard InChI is InChI=1S/C23H16N4O4S2/c28-21-12-19(31-26-21)15-1-4-17(5-2-15)30-23(29)27(13-14-7-9-24-10-8-14)16-3-6-18-20(11-16)33-22(32)25-18/h1-12H,13H2,(H,25,32)(H,26,28). The maximum atomic E-state index is 13.2. The van der Waals surface area contributed by atoms with Gasteiger partial charge in [0.2, 0.25) is 0 Å². The second-order valence-corrected chi connectivity index (χ2v) is 8.82. The summed E-state index contributed by atoms with van der Waals surface area (Å²) in [5.41, 5.74) is 2.86. The molecule has 0 aliphatic carbocycles. The molecule has 3 heterocycles. The fraction of sp³-hybridized carbons (Fsp3) is 0.0435. The van der Waals surface area contributed by atoms with Gasteiger partial charge < -0.3 is 14.2 Å². The molecule has 0 spiro atoms. The molecule has 3 aromatic heterocycles. The number of aromatic nitrogens is 3. The lowest BCUT2D eigenvalue weighted by Crippen LogP contribution is -2.33. The number of H-pyrrole nitrogens is 2. The average molecular weight is 477 g/mol. The Morgan fingerprint density at radius 1 is 1.09 bits per heavy atom. The minimum atomic E-state index is -0.536. The van der Waals surface area contributed by atoms with E-state index in [1.54, 1.807) is 41.6 Å². The number of rotatable bonds is 5. The number of ether oxygens (including phenoxy) is 1. The number of hydrogen-bond donors (Lipinski definition) is 2.